The molecule has 1 saturated carbocycles. The summed E-state index contributed by atoms with van der Waals surface area (Å²) in [6.45, 7) is 6.70. The average Bonchev–Trinajstić information content (AvgIpc) is 2.65. The number of hydrogen-bond acceptors (Lipinski definition) is 2. The van der Waals surface area contributed by atoms with Crippen molar-refractivity contribution in [2.75, 3.05) is 0 Å². The van der Waals surface area contributed by atoms with E-state index in [4.69, 9.17) is 17.3 Å². The fourth-order valence-corrected chi connectivity index (χ4v) is 4.26. The van der Waals surface area contributed by atoms with Crippen LogP contribution in [0.3, 0.4) is 0 Å². The minimum atomic E-state index is -0.111. The Kier molecular flexibility index (Phi) is 5.37. The van der Waals surface area contributed by atoms with E-state index < -0.39 is 0 Å². The lowest BCUT2D eigenvalue weighted by atomic mass is 9.72. The van der Waals surface area contributed by atoms with Gasteiger partial charge in [0.2, 0.25) is 0 Å². The van der Waals surface area contributed by atoms with Crippen molar-refractivity contribution in [3.05, 3.63) is 16.4 Å². The molecule has 3 nitrogen and oxygen atoms in total. The van der Waals surface area contributed by atoms with Gasteiger partial charge in [-0.3, -0.25) is 4.68 Å². The van der Waals surface area contributed by atoms with Gasteiger partial charge < -0.3 is 5.73 Å². The molecule has 0 aliphatic heterocycles. The first-order valence-electron chi connectivity index (χ1n) is 8.33. The quantitative estimate of drug-likeness (QED) is 0.889. The molecule has 0 bridgehead atoms. The number of rotatable bonds is 5. The average molecular weight is 312 g/mol. The highest BCUT2D eigenvalue weighted by molar-refractivity contribution is 6.31. The molecule has 1 heterocycles. The van der Waals surface area contributed by atoms with Crippen LogP contribution in [0.2, 0.25) is 5.02 Å². The Bertz CT molecular complexity index is 481. The Hall–Kier alpha value is -0.540. The van der Waals surface area contributed by atoms with E-state index in [1.54, 1.807) is 0 Å². The fourth-order valence-electron chi connectivity index (χ4n) is 3.90. The number of aromatic nitrogens is 2. The molecule has 2 unspecified atom stereocenters. The van der Waals surface area contributed by atoms with E-state index in [1.165, 1.54) is 19.3 Å². The van der Waals surface area contributed by atoms with Gasteiger partial charge in [-0.05, 0) is 37.5 Å². The molecule has 0 amide bonds. The summed E-state index contributed by atoms with van der Waals surface area (Å²) in [4.78, 5) is 0. The summed E-state index contributed by atoms with van der Waals surface area (Å²) in [6.07, 6.45) is 7.81. The van der Waals surface area contributed by atoms with Gasteiger partial charge in [-0.25, -0.2) is 0 Å². The van der Waals surface area contributed by atoms with Crippen LogP contribution < -0.4 is 5.73 Å². The molecule has 1 fully saturated rings. The lowest BCUT2D eigenvalue weighted by Gasteiger charge is -2.39. The van der Waals surface area contributed by atoms with E-state index in [9.17, 15) is 0 Å². The van der Waals surface area contributed by atoms with Crippen molar-refractivity contribution >= 4 is 11.6 Å². The summed E-state index contributed by atoms with van der Waals surface area (Å²) in [7, 11) is 1.98. The lowest BCUT2D eigenvalue weighted by Crippen LogP contribution is -2.46. The zero-order valence-electron chi connectivity index (χ0n) is 14.0. The van der Waals surface area contributed by atoms with E-state index in [1.807, 2.05) is 11.7 Å². The van der Waals surface area contributed by atoms with Gasteiger partial charge in [0, 0.05) is 19.0 Å². The normalized spacial score (nSPS) is 26.5. The van der Waals surface area contributed by atoms with Crippen LogP contribution in [-0.2, 0) is 19.9 Å². The molecule has 4 heteroatoms. The van der Waals surface area contributed by atoms with Gasteiger partial charge in [-0.1, -0.05) is 45.2 Å². The summed E-state index contributed by atoms with van der Waals surface area (Å²) in [6, 6.07) is 0. The van der Waals surface area contributed by atoms with Gasteiger partial charge >= 0.3 is 0 Å². The van der Waals surface area contributed by atoms with Crippen LogP contribution in [0.25, 0.3) is 0 Å². The second kappa shape index (κ2) is 6.70. The third-order valence-corrected chi connectivity index (χ3v) is 5.25. The monoisotopic (exact) mass is 311 g/mol. The van der Waals surface area contributed by atoms with Crippen LogP contribution in [0.1, 0.15) is 64.3 Å². The maximum Gasteiger partial charge on any atom is 0.0850 e. The molecule has 1 aromatic heterocycles. The highest BCUT2D eigenvalue weighted by Crippen LogP contribution is 2.37. The minimum absolute atomic E-state index is 0.111. The molecule has 1 aliphatic carbocycles. The zero-order valence-corrected chi connectivity index (χ0v) is 14.7. The largest absolute Gasteiger partial charge is 0.325 e. The Balaban J connectivity index is 2.12. The summed E-state index contributed by atoms with van der Waals surface area (Å²) >= 11 is 6.49. The maximum atomic E-state index is 6.75. The number of aryl methyl sites for hydroxylation is 2. The van der Waals surface area contributed by atoms with Crippen molar-refractivity contribution in [1.82, 2.24) is 9.78 Å². The standard InChI is InChI=1S/C17H30ClN3/c1-5-14-16(18)15(21(4)20-14)11-17(19)8-6-7-13(10-17)9-12(2)3/h12-13H,5-11,19H2,1-4H3. The van der Waals surface area contributed by atoms with E-state index >= 15 is 0 Å². The summed E-state index contributed by atoms with van der Waals surface area (Å²) in [5, 5.41) is 5.35. The third kappa shape index (κ3) is 4.01. The fraction of sp³-hybridized carbons (Fsp3) is 0.824. The number of nitrogens with two attached hydrogens (primary N) is 1. The van der Waals surface area contributed by atoms with Crippen LogP contribution >= 0.6 is 11.6 Å². The Morgan fingerprint density at radius 2 is 2.19 bits per heavy atom. The van der Waals surface area contributed by atoms with Crippen molar-refractivity contribution in [1.29, 1.82) is 0 Å². The minimum Gasteiger partial charge on any atom is -0.325 e. The number of hydrogen-bond donors (Lipinski definition) is 1. The van der Waals surface area contributed by atoms with Gasteiger partial charge in [0.05, 0.1) is 16.4 Å². The smallest absolute Gasteiger partial charge is 0.0850 e. The summed E-state index contributed by atoms with van der Waals surface area (Å²) < 4.78 is 1.93. The molecule has 120 valence electrons. The van der Waals surface area contributed by atoms with Crippen LogP contribution in [0.4, 0.5) is 0 Å². The van der Waals surface area contributed by atoms with Crippen LogP contribution in [-0.4, -0.2) is 15.3 Å². The topological polar surface area (TPSA) is 43.8 Å². The van der Waals surface area contributed by atoms with E-state index in [0.29, 0.717) is 0 Å². The summed E-state index contributed by atoms with van der Waals surface area (Å²) in [5.41, 5.74) is 8.74. The van der Waals surface area contributed by atoms with E-state index in [0.717, 1.165) is 53.9 Å². The first kappa shape index (κ1) is 16.8. The van der Waals surface area contributed by atoms with Gasteiger partial charge in [-0.2, -0.15) is 5.10 Å². The second-order valence-electron chi connectivity index (χ2n) is 7.32. The molecule has 1 aliphatic rings. The van der Waals surface area contributed by atoms with E-state index in [-0.39, 0.29) is 5.54 Å². The summed E-state index contributed by atoms with van der Waals surface area (Å²) in [5.74, 6) is 1.52. The first-order chi connectivity index (χ1) is 9.84. The number of nitrogens with zero attached hydrogens (tertiary/aromatic N) is 2. The van der Waals surface area contributed by atoms with Crippen LogP contribution in [0.5, 0.6) is 0 Å². The molecular formula is C17H30ClN3. The highest BCUT2D eigenvalue weighted by atomic mass is 35.5. The number of halogens is 1. The Morgan fingerprint density at radius 1 is 1.48 bits per heavy atom. The molecule has 2 rings (SSSR count). The molecule has 0 aromatic carbocycles. The van der Waals surface area contributed by atoms with Gasteiger partial charge in [0.15, 0.2) is 0 Å². The van der Waals surface area contributed by atoms with Crippen molar-refractivity contribution in [3.63, 3.8) is 0 Å². The van der Waals surface area contributed by atoms with Crippen LogP contribution in [0.15, 0.2) is 0 Å². The van der Waals surface area contributed by atoms with Crippen molar-refractivity contribution in [2.24, 2.45) is 24.6 Å². The van der Waals surface area contributed by atoms with Gasteiger partial charge in [-0.15, -0.1) is 0 Å². The van der Waals surface area contributed by atoms with E-state index in [2.05, 4.69) is 25.9 Å². The predicted molar refractivity (Wildman–Crippen MR) is 89.6 cm³/mol. The van der Waals surface area contributed by atoms with Gasteiger partial charge in [0.25, 0.3) is 0 Å². The Labute approximate surface area is 134 Å². The molecular weight excluding hydrogens is 282 g/mol. The SMILES string of the molecule is CCc1nn(C)c(CC2(N)CCCC(CC(C)C)C2)c1Cl. The molecule has 1 aromatic rings. The zero-order chi connectivity index (χ0) is 15.6. The van der Waals surface area contributed by atoms with Crippen molar-refractivity contribution in [3.8, 4) is 0 Å². The molecule has 21 heavy (non-hydrogen) atoms. The first-order valence-corrected chi connectivity index (χ1v) is 8.71. The van der Waals surface area contributed by atoms with Crippen molar-refractivity contribution in [2.45, 2.75) is 71.3 Å². The predicted octanol–water partition coefficient (Wildman–Crippen LogP) is 4.11. The highest BCUT2D eigenvalue weighted by Gasteiger charge is 2.34. The van der Waals surface area contributed by atoms with Crippen molar-refractivity contribution < 1.29 is 0 Å². The maximum absolute atomic E-state index is 6.75. The Morgan fingerprint density at radius 3 is 2.76 bits per heavy atom. The molecule has 0 saturated heterocycles. The van der Waals surface area contributed by atoms with Gasteiger partial charge in [0.1, 0.15) is 0 Å². The second-order valence-corrected chi connectivity index (χ2v) is 7.69. The molecule has 0 spiro atoms. The molecule has 2 atom stereocenters. The lowest BCUT2D eigenvalue weighted by molar-refractivity contribution is 0.198. The third-order valence-electron chi connectivity index (χ3n) is 4.81. The molecule has 2 N–H and O–H groups in total. The van der Waals surface area contributed by atoms with Crippen LogP contribution in [0, 0.1) is 11.8 Å². The molecule has 0 radical (unpaired) electrons.